The molecular formula is C34H45N2O4+. The first kappa shape index (κ1) is 30.9. The first-order valence-electron chi connectivity index (χ1n) is 14.7. The Hall–Kier alpha value is -3.67. The highest BCUT2D eigenvalue weighted by Gasteiger charge is 2.27. The van der Waals surface area contributed by atoms with Crippen molar-refractivity contribution in [3.63, 3.8) is 0 Å². The van der Waals surface area contributed by atoms with Gasteiger partial charge < -0.3 is 9.47 Å². The third kappa shape index (κ3) is 9.51. The SMILES string of the molecule is CCCCCCCCCCCCOc1ccc(C(=O)N(Cc2cccc[n+]2C)C(=O)c2ccccc2)cc1OC. The van der Waals surface area contributed by atoms with Crippen molar-refractivity contribution in [2.24, 2.45) is 7.05 Å². The summed E-state index contributed by atoms with van der Waals surface area (Å²) in [5, 5.41) is 0. The Kier molecular flexibility index (Phi) is 13.2. The third-order valence-corrected chi connectivity index (χ3v) is 7.16. The molecule has 6 nitrogen and oxygen atoms in total. The minimum Gasteiger partial charge on any atom is -0.493 e. The van der Waals surface area contributed by atoms with Crippen molar-refractivity contribution in [2.45, 2.75) is 77.7 Å². The summed E-state index contributed by atoms with van der Waals surface area (Å²) in [6, 6.07) is 19.7. The van der Waals surface area contributed by atoms with E-state index < -0.39 is 5.91 Å². The van der Waals surface area contributed by atoms with Gasteiger partial charge in [-0.05, 0) is 36.8 Å². The van der Waals surface area contributed by atoms with Gasteiger partial charge in [-0.1, -0.05) is 89.0 Å². The monoisotopic (exact) mass is 545 g/mol. The molecule has 2 amide bonds. The number of ether oxygens (including phenoxy) is 2. The van der Waals surface area contributed by atoms with Crippen LogP contribution in [0.5, 0.6) is 11.5 Å². The molecule has 0 radical (unpaired) electrons. The van der Waals surface area contributed by atoms with E-state index >= 15 is 0 Å². The number of hydrogen-bond acceptors (Lipinski definition) is 4. The Morgan fingerprint density at radius 1 is 0.725 bits per heavy atom. The minimum absolute atomic E-state index is 0.142. The van der Waals surface area contributed by atoms with Crippen LogP contribution in [0.3, 0.4) is 0 Å². The summed E-state index contributed by atoms with van der Waals surface area (Å²) in [4.78, 5) is 28.5. The second kappa shape index (κ2) is 17.1. The van der Waals surface area contributed by atoms with Crippen LogP contribution in [0.25, 0.3) is 0 Å². The van der Waals surface area contributed by atoms with Gasteiger partial charge in [0, 0.05) is 23.3 Å². The van der Waals surface area contributed by atoms with Crippen molar-refractivity contribution in [1.82, 2.24) is 4.90 Å². The highest BCUT2D eigenvalue weighted by Crippen LogP contribution is 2.29. The van der Waals surface area contributed by atoms with Crippen molar-refractivity contribution in [3.05, 3.63) is 89.7 Å². The Morgan fingerprint density at radius 2 is 1.35 bits per heavy atom. The summed E-state index contributed by atoms with van der Waals surface area (Å²) in [6.45, 7) is 2.99. The van der Waals surface area contributed by atoms with E-state index in [0.717, 1.165) is 18.5 Å². The number of amides is 2. The van der Waals surface area contributed by atoms with Gasteiger partial charge in [0.1, 0.15) is 13.6 Å². The summed E-state index contributed by atoms with van der Waals surface area (Å²) in [5.74, 6) is 0.340. The molecule has 0 saturated carbocycles. The van der Waals surface area contributed by atoms with E-state index in [4.69, 9.17) is 9.47 Å². The third-order valence-electron chi connectivity index (χ3n) is 7.16. The lowest BCUT2D eigenvalue weighted by atomic mass is 10.1. The summed E-state index contributed by atoms with van der Waals surface area (Å²) < 4.78 is 13.5. The lowest BCUT2D eigenvalue weighted by Gasteiger charge is -2.21. The molecule has 214 valence electrons. The van der Waals surface area contributed by atoms with Crippen LogP contribution in [0.1, 0.15) is 97.5 Å². The van der Waals surface area contributed by atoms with Gasteiger partial charge >= 0.3 is 0 Å². The molecule has 2 aromatic carbocycles. The van der Waals surface area contributed by atoms with Crippen molar-refractivity contribution in [2.75, 3.05) is 13.7 Å². The first-order valence-corrected chi connectivity index (χ1v) is 14.7. The fourth-order valence-corrected chi connectivity index (χ4v) is 4.70. The van der Waals surface area contributed by atoms with Gasteiger partial charge in [0.15, 0.2) is 17.7 Å². The largest absolute Gasteiger partial charge is 0.493 e. The minimum atomic E-state index is -0.391. The lowest BCUT2D eigenvalue weighted by Crippen LogP contribution is -2.42. The maximum Gasteiger partial charge on any atom is 0.261 e. The number of imide groups is 1. The predicted octanol–water partition coefficient (Wildman–Crippen LogP) is 7.30. The van der Waals surface area contributed by atoms with Crippen LogP contribution in [0.4, 0.5) is 0 Å². The van der Waals surface area contributed by atoms with Crippen molar-refractivity contribution in [3.8, 4) is 11.5 Å². The second-order valence-electron chi connectivity index (χ2n) is 10.3. The Morgan fingerprint density at radius 3 is 2.00 bits per heavy atom. The number of methoxy groups -OCH3 is 1. The molecule has 0 bridgehead atoms. The van der Waals surface area contributed by atoms with E-state index in [1.54, 1.807) is 49.6 Å². The highest BCUT2D eigenvalue weighted by atomic mass is 16.5. The second-order valence-corrected chi connectivity index (χ2v) is 10.3. The van der Waals surface area contributed by atoms with Crippen molar-refractivity contribution < 1.29 is 23.6 Å². The number of hydrogen-bond donors (Lipinski definition) is 0. The number of aryl methyl sites for hydroxylation is 1. The fourth-order valence-electron chi connectivity index (χ4n) is 4.70. The molecule has 0 spiro atoms. The molecular weight excluding hydrogens is 500 g/mol. The van der Waals surface area contributed by atoms with Gasteiger partial charge in [0.25, 0.3) is 11.8 Å². The summed E-state index contributed by atoms with van der Waals surface area (Å²) in [6.07, 6.45) is 14.6. The van der Waals surface area contributed by atoms with Crippen LogP contribution in [-0.4, -0.2) is 30.4 Å². The molecule has 1 aromatic heterocycles. The molecule has 0 aliphatic heterocycles. The lowest BCUT2D eigenvalue weighted by molar-refractivity contribution is -0.679. The van der Waals surface area contributed by atoms with E-state index in [0.29, 0.717) is 29.2 Å². The Bertz CT molecular complexity index is 1200. The van der Waals surface area contributed by atoms with E-state index in [2.05, 4.69) is 6.92 Å². The molecule has 0 aliphatic rings. The van der Waals surface area contributed by atoms with Crippen molar-refractivity contribution >= 4 is 11.8 Å². The number of benzene rings is 2. The van der Waals surface area contributed by atoms with Gasteiger partial charge in [-0.2, -0.15) is 0 Å². The molecule has 0 N–H and O–H groups in total. The molecule has 3 rings (SSSR count). The Labute approximate surface area is 239 Å². The summed E-state index contributed by atoms with van der Waals surface area (Å²) in [7, 11) is 3.46. The van der Waals surface area contributed by atoms with Crippen LogP contribution in [-0.2, 0) is 13.6 Å². The fraction of sp³-hybridized carbons (Fsp3) is 0.441. The molecule has 40 heavy (non-hydrogen) atoms. The van der Waals surface area contributed by atoms with Gasteiger partial charge in [-0.25, -0.2) is 4.57 Å². The van der Waals surface area contributed by atoms with E-state index in [1.807, 2.05) is 42.1 Å². The number of nitrogens with zero attached hydrogens (tertiary/aromatic N) is 2. The van der Waals surface area contributed by atoms with Crippen LogP contribution in [0, 0.1) is 0 Å². The molecule has 0 aliphatic carbocycles. The molecule has 1 heterocycles. The maximum absolute atomic E-state index is 13.7. The zero-order valence-corrected chi connectivity index (χ0v) is 24.4. The van der Waals surface area contributed by atoms with Crippen LogP contribution >= 0.6 is 0 Å². The van der Waals surface area contributed by atoms with Crippen LogP contribution < -0.4 is 14.0 Å². The van der Waals surface area contributed by atoms with Crippen LogP contribution in [0.15, 0.2) is 72.9 Å². The zero-order valence-electron chi connectivity index (χ0n) is 24.4. The molecule has 3 aromatic rings. The topological polar surface area (TPSA) is 59.7 Å². The zero-order chi connectivity index (χ0) is 28.6. The maximum atomic E-state index is 13.7. The van der Waals surface area contributed by atoms with Gasteiger partial charge in [0.2, 0.25) is 5.69 Å². The number of unbranched alkanes of at least 4 members (excludes halogenated alkanes) is 9. The molecule has 0 fully saturated rings. The van der Waals surface area contributed by atoms with E-state index in [-0.39, 0.29) is 12.5 Å². The Balaban J connectivity index is 1.61. The van der Waals surface area contributed by atoms with Crippen LogP contribution in [0.2, 0.25) is 0 Å². The number of rotatable bonds is 17. The van der Waals surface area contributed by atoms with Crippen molar-refractivity contribution in [1.29, 1.82) is 0 Å². The highest BCUT2D eigenvalue weighted by molar-refractivity contribution is 6.10. The number of carbonyl (C=O) groups excluding carboxylic acids is 2. The van der Waals surface area contributed by atoms with Gasteiger partial charge in [-0.15, -0.1) is 0 Å². The van der Waals surface area contributed by atoms with Gasteiger partial charge in [0.05, 0.1) is 13.7 Å². The number of aromatic nitrogens is 1. The predicted molar refractivity (Wildman–Crippen MR) is 159 cm³/mol. The van der Waals surface area contributed by atoms with Gasteiger partial charge in [-0.3, -0.25) is 14.5 Å². The van der Waals surface area contributed by atoms with E-state index in [1.165, 1.54) is 56.3 Å². The molecule has 6 heteroatoms. The van der Waals surface area contributed by atoms with E-state index in [9.17, 15) is 9.59 Å². The summed E-state index contributed by atoms with van der Waals surface area (Å²) >= 11 is 0. The number of pyridine rings is 1. The molecule has 0 atom stereocenters. The quantitative estimate of drug-likeness (QED) is 0.101. The first-order chi connectivity index (χ1) is 19.5. The normalized spacial score (nSPS) is 10.8. The summed E-state index contributed by atoms with van der Waals surface area (Å²) in [5.41, 5.74) is 1.66. The average molecular weight is 546 g/mol. The smallest absolute Gasteiger partial charge is 0.261 e. The molecule has 0 saturated heterocycles. The standard InChI is InChI=1S/C34H45N2O4/c1-4-5-6-7-8-9-10-11-12-18-25-40-31-23-22-29(26-32(31)39-3)34(38)36(27-30-21-16-17-24-35(30)2)33(37)28-19-14-13-15-20-28/h13-17,19-24,26H,4-12,18,25,27H2,1-3H3/q+1. The molecule has 0 unspecified atom stereocenters. The number of carbonyl (C=O) groups is 2. The average Bonchev–Trinajstić information content (AvgIpc) is 2.99.